The van der Waals surface area contributed by atoms with Crippen LogP contribution in [-0.2, 0) is 9.31 Å². The van der Waals surface area contributed by atoms with Crippen molar-refractivity contribution >= 4 is 12.7 Å². The lowest BCUT2D eigenvalue weighted by atomic mass is 9.86. The van der Waals surface area contributed by atoms with E-state index in [1.165, 1.54) is 23.0 Å². The molecule has 0 radical (unpaired) electrons. The van der Waals surface area contributed by atoms with Crippen molar-refractivity contribution in [2.75, 3.05) is 0 Å². The monoisotopic (exact) mass is 306 g/mol. The number of halogens is 2. The van der Waals surface area contributed by atoms with Crippen LogP contribution >= 0.6 is 0 Å². The summed E-state index contributed by atoms with van der Waals surface area (Å²) in [4.78, 5) is 4.23. The molecular weight excluding hydrogens is 289 g/mol. The highest BCUT2D eigenvalue weighted by molar-refractivity contribution is 6.61. The average molecular weight is 306 g/mol. The second-order valence-electron chi connectivity index (χ2n) is 6.42. The van der Waals surface area contributed by atoms with Gasteiger partial charge in [-0.15, -0.1) is 0 Å². The van der Waals surface area contributed by atoms with Gasteiger partial charge in [0.15, 0.2) is 0 Å². The van der Waals surface area contributed by atoms with Crippen LogP contribution in [-0.4, -0.2) is 27.9 Å². The zero-order chi connectivity index (χ0) is 16.1. The fourth-order valence-corrected chi connectivity index (χ4v) is 2.25. The zero-order valence-corrected chi connectivity index (χ0v) is 12.9. The van der Waals surface area contributed by atoms with Crippen LogP contribution < -0.4 is 5.59 Å². The second kappa shape index (κ2) is 4.89. The maximum Gasteiger partial charge on any atom is 0.516 e. The molecule has 0 unspecified atom stereocenters. The maximum atomic E-state index is 13.3. The van der Waals surface area contributed by atoms with Crippen LogP contribution in [0.5, 0.6) is 0 Å². The third kappa shape index (κ3) is 2.55. The van der Waals surface area contributed by atoms with Crippen LogP contribution in [0.25, 0.3) is 5.69 Å². The van der Waals surface area contributed by atoms with E-state index in [2.05, 4.69) is 4.98 Å². The van der Waals surface area contributed by atoms with Crippen LogP contribution in [0.3, 0.4) is 0 Å². The van der Waals surface area contributed by atoms with Crippen molar-refractivity contribution < 1.29 is 18.1 Å². The summed E-state index contributed by atoms with van der Waals surface area (Å²) in [7, 11) is -0.607. The van der Waals surface area contributed by atoms with Crippen molar-refractivity contribution in [3.05, 3.63) is 42.4 Å². The van der Waals surface area contributed by atoms with Crippen molar-refractivity contribution in [3.63, 3.8) is 0 Å². The number of rotatable bonds is 2. The van der Waals surface area contributed by atoms with E-state index in [4.69, 9.17) is 9.31 Å². The molecule has 1 aromatic heterocycles. The van der Waals surface area contributed by atoms with Crippen molar-refractivity contribution in [1.82, 2.24) is 9.55 Å². The van der Waals surface area contributed by atoms with Crippen LogP contribution in [0, 0.1) is 11.6 Å². The minimum atomic E-state index is -0.638. The summed E-state index contributed by atoms with van der Waals surface area (Å²) >= 11 is 0. The van der Waals surface area contributed by atoms with Crippen molar-refractivity contribution in [1.29, 1.82) is 0 Å². The normalized spacial score (nSPS) is 19.6. The van der Waals surface area contributed by atoms with E-state index >= 15 is 0 Å². The molecule has 0 saturated carbocycles. The average Bonchev–Trinajstić information content (AvgIpc) is 2.92. The van der Waals surface area contributed by atoms with Gasteiger partial charge in [0.1, 0.15) is 11.6 Å². The van der Waals surface area contributed by atoms with Gasteiger partial charge in [-0.05, 0) is 39.8 Å². The molecule has 0 atom stereocenters. The lowest BCUT2D eigenvalue weighted by Gasteiger charge is -2.32. The van der Waals surface area contributed by atoms with Gasteiger partial charge in [-0.2, -0.15) is 0 Å². The van der Waals surface area contributed by atoms with E-state index in [9.17, 15) is 8.78 Å². The first-order valence-corrected chi connectivity index (χ1v) is 7.04. The Kier molecular flexibility index (Phi) is 3.38. The summed E-state index contributed by atoms with van der Waals surface area (Å²) in [6.07, 6.45) is 3.13. The molecule has 1 aliphatic heterocycles. The van der Waals surface area contributed by atoms with Crippen LogP contribution in [0.2, 0.25) is 0 Å². The predicted octanol–water partition coefficient (Wildman–Crippen LogP) is 2.45. The van der Waals surface area contributed by atoms with Crippen molar-refractivity contribution in [2.24, 2.45) is 0 Å². The molecule has 2 heterocycles. The van der Waals surface area contributed by atoms with E-state index in [0.717, 1.165) is 6.07 Å². The van der Waals surface area contributed by atoms with Gasteiger partial charge < -0.3 is 13.9 Å². The molecule has 7 heteroatoms. The van der Waals surface area contributed by atoms with E-state index in [-0.39, 0.29) is 0 Å². The predicted molar refractivity (Wildman–Crippen MR) is 79.2 cm³/mol. The Labute approximate surface area is 128 Å². The first kappa shape index (κ1) is 15.2. The Morgan fingerprint density at radius 1 is 1.00 bits per heavy atom. The molecule has 1 aromatic carbocycles. The van der Waals surface area contributed by atoms with Gasteiger partial charge in [0.25, 0.3) is 0 Å². The molecular formula is C15H17BF2N2O2. The standard InChI is InChI=1S/C15H17BF2N2O2/c1-14(2)15(3,4)22-16(21-14)13-8-20(9-19-13)12-6-10(17)5-11(18)7-12/h5-9H,1-4H3. The zero-order valence-electron chi connectivity index (χ0n) is 12.9. The lowest BCUT2D eigenvalue weighted by Crippen LogP contribution is -2.41. The molecule has 0 N–H and O–H groups in total. The number of hydrogen-bond acceptors (Lipinski definition) is 3. The highest BCUT2D eigenvalue weighted by Gasteiger charge is 2.52. The van der Waals surface area contributed by atoms with Gasteiger partial charge >= 0.3 is 7.12 Å². The SMILES string of the molecule is CC1(C)OB(c2cn(-c3cc(F)cc(F)c3)cn2)OC1(C)C. The maximum absolute atomic E-state index is 13.3. The molecule has 4 nitrogen and oxygen atoms in total. The van der Waals surface area contributed by atoms with Crippen LogP contribution in [0.15, 0.2) is 30.7 Å². The van der Waals surface area contributed by atoms with Crippen LogP contribution in [0.4, 0.5) is 8.78 Å². The van der Waals surface area contributed by atoms with E-state index in [0.29, 0.717) is 11.3 Å². The highest BCUT2D eigenvalue weighted by Crippen LogP contribution is 2.36. The van der Waals surface area contributed by atoms with E-state index < -0.39 is 30.0 Å². The topological polar surface area (TPSA) is 36.3 Å². The quantitative estimate of drug-likeness (QED) is 0.800. The summed E-state index contributed by atoms with van der Waals surface area (Å²) in [5.41, 5.74) is -0.0187. The number of nitrogens with zero attached hydrogens (tertiary/aromatic N) is 2. The van der Waals surface area contributed by atoms with Crippen LogP contribution in [0.1, 0.15) is 27.7 Å². The molecule has 0 spiro atoms. The first-order valence-electron chi connectivity index (χ1n) is 7.04. The molecule has 1 saturated heterocycles. The van der Waals surface area contributed by atoms with Gasteiger partial charge in [0.2, 0.25) is 0 Å². The number of hydrogen-bond donors (Lipinski definition) is 0. The molecule has 0 aliphatic carbocycles. The molecule has 1 aliphatic rings. The van der Waals surface area contributed by atoms with Crippen molar-refractivity contribution in [2.45, 2.75) is 38.9 Å². The van der Waals surface area contributed by atoms with Crippen molar-refractivity contribution in [3.8, 4) is 5.69 Å². The number of aromatic nitrogens is 2. The Hall–Kier alpha value is -1.73. The summed E-state index contributed by atoms with van der Waals surface area (Å²) in [5, 5.41) is 0. The Morgan fingerprint density at radius 3 is 2.09 bits per heavy atom. The van der Waals surface area contributed by atoms with Gasteiger partial charge in [0.05, 0.1) is 28.8 Å². The Bertz CT molecular complexity index is 679. The van der Waals surface area contributed by atoms with Gasteiger partial charge in [0, 0.05) is 12.3 Å². The summed E-state index contributed by atoms with van der Waals surface area (Å²) < 4.78 is 39.9. The fourth-order valence-electron chi connectivity index (χ4n) is 2.25. The summed E-state index contributed by atoms with van der Waals surface area (Å²) in [6, 6.07) is 3.30. The first-order chi connectivity index (χ1) is 10.2. The van der Waals surface area contributed by atoms with E-state index in [1.807, 2.05) is 27.7 Å². The molecule has 22 heavy (non-hydrogen) atoms. The van der Waals surface area contributed by atoms with Gasteiger partial charge in [-0.1, -0.05) is 0 Å². The second-order valence-corrected chi connectivity index (χ2v) is 6.42. The molecule has 0 amide bonds. The minimum absolute atomic E-state index is 0.354. The summed E-state index contributed by atoms with van der Waals surface area (Å²) in [5.74, 6) is -1.28. The third-order valence-electron chi connectivity index (χ3n) is 4.24. The smallest absolute Gasteiger partial charge is 0.398 e. The third-order valence-corrected chi connectivity index (χ3v) is 4.24. The molecule has 3 rings (SSSR count). The Morgan fingerprint density at radius 2 is 1.55 bits per heavy atom. The van der Waals surface area contributed by atoms with Gasteiger partial charge in [-0.3, -0.25) is 0 Å². The fraction of sp³-hybridized carbons (Fsp3) is 0.400. The van der Waals surface area contributed by atoms with Gasteiger partial charge in [-0.25, -0.2) is 13.8 Å². The number of benzene rings is 1. The largest absolute Gasteiger partial charge is 0.516 e. The molecule has 116 valence electrons. The molecule has 0 bridgehead atoms. The molecule has 2 aromatic rings. The molecule has 1 fully saturated rings. The Balaban J connectivity index is 1.89. The van der Waals surface area contributed by atoms with E-state index in [1.54, 1.807) is 6.20 Å². The number of imidazole rings is 1. The minimum Gasteiger partial charge on any atom is -0.398 e. The summed E-state index contributed by atoms with van der Waals surface area (Å²) in [6.45, 7) is 7.80. The lowest BCUT2D eigenvalue weighted by molar-refractivity contribution is 0.00578. The highest BCUT2D eigenvalue weighted by atomic mass is 19.1.